The summed E-state index contributed by atoms with van der Waals surface area (Å²) < 4.78 is 6.06. The Bertz CT molecular complexity index is 393. The van der Waals surface area contributed by atoms with Crippen LogP contribution in [-0.2, 0) is 4.79 Å². The molecule has 0 fully saturated rings. The summed E-state index contributed by atoms with van der Waals surface area (Å²) in [5.41, 5.74) is 0.525. The predicted octanol–water partition coefficient (Wildman–Crippen LogP) is 1.78. The van der Waals surface area contributed by atoms with E-state index in [1.165, 1.54) is 0 Å². The molecule has 1 aromatic rings. The van der Waals surface area contributed by atoms with Crippen molar-refractivity contribution in [2.45, 2.75) is 6.42 Å². The van der Waals surface area contributed by atoms with Gasteiger partial charge in [0.2, 0.25) is 5.91 Å². The first-order chi connectivity index (χ1) is 7.67. The molecule has 0 unspecified atom stereocenters. The molecule has 0 heterocycles. The lowest BCUT2D eigenvalue weighted by atomic mass is 10.2. The number of amides is 1. The van der Waals surface area contributed by atoms with Gasteiger partial charge in [-0.2, -0.15) is 0 Å². The molecule has 5 heteroatoms. The van der Waals surface area contributed by atoms with E-state index in [-0.39, 0.29) is 5.91 Å². The largest absolute Gasteiger partial charge is 0.493 e. The number of aldehydes is 1. The van der Waals surface area contributed by atoms with Gasteiger partial charge in [0, 0.05) is 17.1 Å². The van der Waals surface area contributed by atoms with Crippen molar-refractivity contribution in [3.05, 3.63) is 28.2 Å². The summed E-state index contributed by atoms with van der Waals surface area (Å²) in [6.07, 6.45) is 1.04. The molecule has 1 rings (SSSR count). The molecule has 16 heavy (non-hydrogen) atoms. The number of rotatable bonds is 5. The van der Waals surface area contributed by atoms with Crippen molar-refractivity contribution in [2.75, 3.05) is 13.7 Å². The Hall–Kier alpha value is -1.36. The van der Waals surface area contributed by atoms with Crippen LogP contribution in [0.25, 0.3) is 0 Å². The number of carbonyl (C=O) groups is 2. The second-order valence-corrected chi connectivity index (χ2v) is 3.93. The number of hydrogen-bond acceptors (Lipinski definition) is 3. The molecule has 4 nitrogen and oxygen atoms in total. The van der Waals surface area contributed by atoms with Gasteiger partial charge in [0.1, 0.15) is 5.75 Å². The van der Waals surface area contributed by atoms with E-state index in [1.807, 2.05) is 0 Å². The van der Waals surface area contributed by atoms with Crippen molar-refractivity contribution >= 4 is 28.1 Å². The van der Waals surface area contributed by atoms with E-state index in [0.29, 0.717) is 24.3 Å². The fourth-order valence-corrected chi connectivity index (χ4v) is 1.43. The van der Waals surface area contributed by atoms with Crippen LogP contribution in [-0.4, -0.2) is 25.8 Å². The van der Waals surface area contributed by atoms with Crippen molar-refractivity contribution in [1.82, 2.24) is 5.32 Å². The van der Waals surface area contributed by atoms with Crippen LogP contribution in [0.15, 0.2) is 22.7 Å². The summed E-state index contributed by atoms with van der Waals surface area (Å²) in [5.74, 6) is 0.502. The molecule has 86 valence electrons. The summed E-state index contributed by atoms with van der Waals surface area (Å²) in [6, 6.07) is 5.10. The van der Waals surface area contributed by atoms with Gasteiger partial charge in [-0.1, -0.05) is 15.9 Å². The average Bonchev–Trinajstić information content (AvgIpc) is 2.31. The van der Waals surface area contributed by atoms with Crippen molar-refractivity contribution in [3.8, 4) is 5.75 Å². The zero-order chi connectivity index (χ0) is 12.0. The fourth-order valence-electron chi connectivity index (χ4n) is 1.09. The molecule has 1 N–H and O–H groups in total. The summed E-state index contributed by atoms with van der Waals surface area (Å²) in [6.45, 7) is 0.291. The Labute approximate surface area is 102 Å². The lowest BCUT2D eigenvalue weighted by Crippen LogP contribution is -2.20. The zero-order valence-corrected chi connectivity index (χ0v) is 10.4. The second-order valence-electron chi connectivity index (χ2n) is 3.07. The number of carbonyl (C=O) groups excluding carboxylic acids is 2. The number of hydrogen-bond donors (Lipinski definition) is 1. The SMILES string of the molecule is CNC(=O)CCOc1ccc(Br)c(C=O)c1. The lowest BCUT2D eigenvalue weighted by Gasteiger charge is -2.06. The first-order valence-electron chi connectivity index (χ1n) is 4.75. The maximum absolute atomic E-state index is 10.9. The highest BCUT2D eigenvalue weighted by Crippen LogP contribution is 2.21. The molecule has 1 aromatic carbocycles. The van der Waals surface area contributed by atoms with Crippen LogP contribution in [0.1, 0.15) is 16.8 Å². The molecule has 0 saturated heterocycles. The maximum atomic E-state index is 10.9. The third-order valence-corrected chi connectivity index (χ3v) is 2.69. The molecule has 1 amide bonds. The molecule has 0 aliphatic heterocycles. The zero-order valence-electron chi connectivity index (χ0n) is 8.83. The van der Waals surface area contributed by atoms with Crippen LogP contribution < -0.4 is 10.1 Å². The van der Waals surface area contributed by atoms with Gasteiger partial charge in [-0.05, 0) is 18.2 Å². The van der Waals surface area contributed by atoms with E-state index in [0.717, 1.165) is 10.8 Å². The number of benzene rings is 1. The maximum Gasteiger partial charge on any atom is 0.223 e. The molecule has 0 aromatic heterocycles. The molecule has 0 aliphatic carbocycles. The minimum absolute atomic E-state index is 0.0762. The highest BCUT2D eigenvalue weighted by Gasteiger charge is 2.02. The Balaban J connectivity index is 2.54. The normalized spacial score (nSPS) is 9.62. The van der Waals surface area contributed by atoms with Crippen LogP contribution in [0.3, 0.4) is 0 Å². The predicted molar refractivity (Wildman–Crippen MR) is 63.7 cm³/mol. The first-order valence-corrected chi connectivity index (χ1v) is 5.54. The molecule has 0 spiro atoms. The summed E-state index contributed by atoms with van der Waals surface area (Å²) in [4.78, 5) is 21.6. The van der Waals surface area contributed by atoms with E-state index >= 15 is 0 Å². The minimum Gasteiger partial charge on any atom is -0.493 e. The van der Waals surface area contributed by atoms with Gasteiger partial charge in [0.05, 0.1) is 13.0 Å². The van der Waals surface area contributed by atoms with E-state index in [9.17, 15) is 9.59 Å². The monoisotopic (exact) mass is 285 g/mol. The molecule has 0 atom stereocenters. The van der Waals surface area contributed by atoms with Gasteiger partial charge in [0.25, 0.3) is 0 Å². The standard InChI is InChI=1S/C11H12BrNO3/c1-13-11(15)4-5-16-9-2-3-10(12)8(6-9)7-14/h2-3,6-7H,4-5H2,1H3,(H,13,15). The summed E-state index contributed by atoms with van der Waals surface area (Å²) in [5, 5.41) is 2.50. The number of nitrogens with one attached hydrogen (secondary N) is 1. The van der Waals surface area contributed by atoms with E-state index < -0.39 is 0 Å². The number of ether oxygens (including phenoxy) is 1. The molecular weight excluding hydrogens is 274 g/mol. The average molecular weight is 286 g/mol. The molecule has 0 aliphatic rings. The summed E-state index contributed by atoms with van der Waals surface area (Å²) >= 11 is 3.24. The summed E-state index contributed by atoms with van der Waals surface area (Å²) in [7, 11) is 1.58. The van der Waals surface area contributed by atoms with Crippen LogP contribution in [0.4, 0.5) is 0 Å². The second kappa shape index (κ2) is 6.27. The van der Waals surface area contributed by atoms with Crippen molar-refractivity contribution in [2.24, 2.45) is 0 Å². The Kier molecular flexibility index (Phi) is 4.98. The van der Waals surface area contributed by atoms with Gasteiger partial charge >= 0.3 is 0 Å². The first kappa shape index (κ1) is 12.7. The molecule has 0 radical (unpaired) electrons. The van der Waals surface area contributed by atoms with Gasteiger partial charge in [-0.15, -0.1) is 0 Å². The smallest absolute Gasteiger partial charge is 0.223 e. The van der Waals surface area contributed by atoms with Crippen LogP contribution in [0.2, 0.25) is 0 Å². The quantitative estimate of drug-likeness (QED) is 0.839. The molecule has 0 saturated carbocycles. The third-order valence-electron chi connectivity index (χ3n) is 1.97. The topological polar surface area (TPSA) is 55.4 Å². The molecular formula is C11H12BrNO3. The highest BCUT2D eigenvalue weighted by atomic mass is 79.9. The van der Waals surface area contributed by atoms with Gasteiger partial charge in [-0.25, -0.2) is 0 Å². The van der Waals surface area contributed by atoms with Gasteiger partial charge < -0.3 is 10.1 Å². The van der Waals surface area contributed by atoms with Crippen LogP contribution in [0.5, 0.6) is 5.75 Å². The number of halogens is 1. The lowest BCUT2D eigenvalue weighted by molar-refractivity contribution is -0.121. The Morgan fingerprint density at radius 1 is 1.56 bits per heavy atom. The van der Waals surface area contributed by atoms with Gasteiger partial charge in [-0.3, -0.25) is 9.59 Å². The fraction of sp³-hybridized carbons (Fsp3) is 0.273. The van der Waals surface area contributed by atoms with Gasteiger partial charge in [0.15, 0.2) is 6.29 Å². The van der Waals surface area contributed by atoms with E-state index in [4.69, 9.17) is 4.74 Å². The van der Waals surface area contributed by atoms with Crippen LogP contribution in [0, 0.1) is 0 Å². The van der Waals surface area contributed by atoms with Crippen molar-refractivity contribution in [1.29, 1.82) is 0 Å². The van der Waals surface area contributed by atoms with E-state index in [2.05, 4.69) is 21.2 Å². The van der Waals surface area contributed by atoms with Crippen LogP contribution >= 0.6 is 15.9 Å². The van der Waals surface area contributed by atoms with E-state index in [1.54, 1.807) is 25.2 Å². The third kappa shape index (κ3) is 3.66. The van der Waals surface area contributed by atoms with Crippen molar-refractivity contribution in [3.63, 3.8) is 0 Å². The minimum atomic E-state index is -0.0762. The molecule has 0 bridgehead atoms. The van der Waals surface area contributed by atoms with Crippen molar-refractivity contribution < 1.29 is 14.3 Å². The highest BCUT2D eigenvalue weighted by molar-refractivity contribution is 9.10. The Morgan fingerprint density at radius 2 is 2.31 bits per heavy atom. The Morgan fingerprint density at radius 3 is 2.94 bits per heavy atom.